The summed E-state index contributed by atoms with van der Waals surface area (Å²) in [6.07, 6.45) is 4.32. The van der Waals surface area contributed by atoms with Gasteiger partial charge in [-0.3, -0.25) is 9.88 Å². The number of aliphatic hydroxyl groups is 1. The highest BCUT2D eigenvalue weighted by Gasteiger charge is 2.22. The Balaban J connectivity index is 1.97. The van der Waals surface area contributed by atoms with Crippen molar-refractivity contribution in [1.82, 2.24) is 20.1 Å². The molecule has 90 valence electrons. The maximum absolute atomic E-state index is 10.9. The molecule has 0 aliphatic carbocycles. The number of aliphatic hydroxyl groups excluding tert-OH is 1. The van der Waals surface area contributed by atoms with Crippen molar-refractivity contribution in [3.05, 3.63) is 16.3 Å². The molecule has 1 aliphatic heterocycles. The van der Waals surface area contributed by atoms with Crippen molar-refractivity contribution in [2.24, 2.45) is 0 Å². The van der Waals surface area contributed by atoms with Crippen LogP contribution < -0.4 is 5.69 Å². The van der Waals surface area contributed by atoms with Crippen molar-refractivity contribution in [3.8, 4) is 0 Å². The van der Waals surface area contributed by atoms with Gasteiger partial charge in [0.2, 0.25) is 0 Å². The third-order valence-corrected chi connectivity index (χ3v) is 3.11. The van der Waals surface area contributed by atoms with Crippen LogP contribution in [0.4, 0.5) is 0 Å². The van der Waals surface area contributed by atoms with Crippen LogP contribution in [0.3, 0.4) is 0 Å². The first-order chi connectivity index (χ1) is 7.79. The maximum atomic E-state index is 10.9. The lowest BCUT2D eigenvalue weighted by atomic mass is 10.00. The zero-order valence-corrected chi connectivity index (χ0v) is 9.28. The van der Waals surface area contributed by atoms with Gasteiger partial charge in [-0.05, 0) is 25.8 Å². The van der Waals surface area contributed by atoms with Gasteiger partial charge in [-0.25, -0.2) is 9.89 Å². The summed E-state index contributed by atoms with van der Waals surface area (Å²) in [4.78, 5) is 15.9. The second-order valence-corrected chi connectivity index (χ2v) is 4.26. The Bertz CT molecular complexity index is 371. The fourth-order valence-corrected chi connectivity index (χ4v) is 2.32. The second-order valence-electron chi connectivity index (χ2n) is 4.26. The number of rotatable bonds is 4. The van der Waals surface area contributed by atoms with E-state index in [0.29, 0.717) is 18.4 Å². The number of aromatic nitrogens is 3. The fourth-order valence-electron chi connectivity index (χ4n) is 2.32. The normalized spacial score (nSPS) is 22.4. The number of nitrogens with one attached hydrogen (secondary N) is 2. The monoisotopic (exact) mass is 226 g/mol. The van der Waals surface area contributed by atoms with Crippen LogP contribution in [0.5, 0.6) is 0 Å². The fraction of sp³-hybridized carbons (Fsp3) is 0.800. The minimum Gasteiger partial charge on any atom is -0.396 e. The molecule has 2 heterocycles. The average molecular weight is 226 g/mol. The largest absolute Gasteiger partial charge is 0.396 e. The molecule has 1 aromatic rings. The van der Waals surface area contributed by atoms with E-state index in [1.807, 2.05) is 0 Å². The van der Waals surface area contributed by atoms with Crippen molar-refractivity contribution in [1.29, 1.82) is 0 Å². The van der Waals surface area contributed by atoms with E-state index in [-0.39, 0.29) is 12.3 Å². The van der Waals surface area contributed by atoms with Gasteiger partial charge in [-0.1, -0.05) is 6.42 Å². The smallest absolute Gasteiger partial charge is 0.340 e. The molecule has 0 spiro atoms. The molecular formula is C10H18N4O2. The molecule has 1 unspecified atom stereocenters. The predicted molar refractivity (Wildman–Crippen MR) is 59.0 cm³/mol. The zero-order valence-electron chi connectivity index (χ0n) is 9.28. The number of hydrogen-bond acceptors (Lipinski definition) is 4. The Morgan fingerprint density at radius 3 is 3.06 bits per heavy atom. The Kier molecular flexibility index (Phi) is 3.74. The number of H-pyrrole nitrogens is 2. The summed E-state index contributed by atoms with van der Waals surface area (Å²) >= 11 is 0. The molecule has 16 heavy (non-hydrogen) atoms. The van der Waals surface area contributed by atoms with Gasteiger partial charge in [-0.15, -0.1) is 0 Å². The molecule has 0 aromatic carbocycles. The first kappa shape index (κ1) is 11.3. The van der Waals surface area contributed by atoms with E-state index in [4.69, 9.17) is 5.11 Å². The minimum atomic E-state index is -0.259. The van der Waals surface area contributed by atoms with E-state index in [1.165, 1.54) is 12.8 Å². The third-order valence-electron chi connectivity index (χ3n) is 3.11. The Morgan fingerprint density at radius 1 is 1.50 bits per heavy atom. The topological polar surface area (TPSA) is 85.0 Å². The van der Waals surface area contributed by atoms with Crippen LogP contribution >= 0.6 is 0 Å². The van der Waals surface area contributed by atoms with Crippen LogP contribution in [0.25, 0.3) is 0 Å². The van der Waals surface area contributed by atoms with E-state index >= 15 is 0 Å². The molecule has 1 atom stereocenters. The van der Waals surface area contributed by atoms with E-state index in [0.717, 1.165) is 19.4 Å². The third kappa shape index (κ3) is 2.70. The summed E-state index contributed by atoms with van der Waals surface area (Å²) in [6, 6.07) is 0.416. The first-order valence-electron chi connectivity index (χ1n) is 5.78. The van der Waals surface area contributed by atoms with Crippen LogP contribution in [0, 0.1) is 0 Å². The highest BCUT2D eigenvalue weighted by Crippen LogP contribution is 2.20. The SMILES string of the molecule is O=c1[nH]nc(CN2CCCCC2CCO)[nH]1. The van der Waals surface area contributed by atoms with Crippen LogP contribution in [0.2, 0.25) is 0 Å². The van der Waals surface area contributed by atoms with Gasteiger partial charge in [0, 0.05) is 12.6 Å². The number of likely N-dealkylation sites (tertiary alicyclic amines) is 1. The highest BCUT2D eigenvalue weighted by atomic mass is 16.3. The molecule has 0 saturated carbocycles. The summed E-state index contributed by atoms with van der Waals surface area (Å²) in [5, 5.41) is 15.3. The molecule has 1 aromatic heterocycles. The molecule has 1 fully saturated rings. The Labute approximate surface area is 93.7 Å². The van der Waals surface area contributed by atoms with Crippen molar-refractivity contribution in [3.63, 3.8) is 0 Å². The van der Waals surface area contributed by atoms with Crippen LogP contribution in [0.1, 0.15) is 31.5 Å². The lowest BCUT2D eigenvalue weighted by molar-refractivity contribution is 0.110. The number of piperidine rings is 1. The van der Waals surface area contributed by atoms with Gasteiger partial charge in [0.15, 0.2) is 0 Å². The summed E-state index contributed by atoms with van der Waals surface area (Å²) < 4.78 is 0. The van der Waals surface area contributed by atoms with Crippen molar-refractivity contribution < 1.29 is 5.11 Å². The number of nitrogens with zero attached hydrogens (tertiary/aromatic N) is 2. The van der Waals surface area contributed by atoms with E-state index in [9.17, 15) is 4.79 Å². The summed E-state index contributed by atoms with van der Waals surface area (Å²) in [6.45, 7) is 1.89. The van der Waals surface area contributed by atoms with Crippen LogP contribution in [0.15, 0.2) is 4.79 Å². The van der Waals surface area contributed by atoms with Crippen LogP contribution in [-0.4, -0.2) is 44.4 Å². The predicted octanol–water partition coefficient (Wildman–Crippen LogP) is -0.165. The Morgan fingerprint density at radius 2 is 2.38 bits per heavy atom. The lowest BCUT2D eigenvalue weighted by Gasteiger charge is -2.34. The maximum Gasteiger partial charge on any atom is 0.340 e. The van der Waals surface area contributed by atoms with Crippen molar-refractivity contribution in [2.45, 2.75) is 38.3 Å². The molecule has 0 amide bonds. The summed E-state index contributed by atoms with van der Waals surface area (Å²) in [5.41, 5.74) is -0.259. The molecule has 0 radical (unpaired) electrons. The summed E-state index contributed by atoms with van der Waals surface area (Å²) in [7, 11) is 0. The van der Waals surface area contributed by atoms with Gasteiger partial charge < -0.3 is 5.11 Å². The zero-order chi connectivity index (χ0) is 11.4. The lowest BCUT2D eigenvalue weighted by Crippen LogP contribution is -2.39. The van der Waals surface area contributed by atoms with Gasteiger partial charge in [0.1, 0.15) is 5.82 Å². The van der Waals surface area contributed by atoms with E-state index in [2.05, 4.69) is 20.1 Å². The van der Waals surface area contributed by atoms with Crippen LogP contribution in [-0.2, 0) is 6.54 Å². The van der Waals surface area contributed by atoms with E-state index < -0.39 is 0 Å². The number of aromatic amines is 2. The molecule has 2 rings (SSSR count). The van der Waals surface area contributed by atoms with Crippen molar-refractivity contribution >= 4 is 0 Å². The van der Waals surface area contributed by atoms with E-state index in [1.54, 1.807) is 0 Å². The standard InChI is InChI=1S/C10H18N4O2/c15-6-4-8-3-1-2-5-14(8)7-9-11-10(16)13-12-9/h8,15H,1-7H2,(H2,11,12,13,16). The Hall–Kier alpha value is -1.14. The molecule has 3 N–H and O–H groups in total. The number of hydrogen-bond donors (Lipinski definition) is 3. The molecule has 1 saturated heterocycles. The van der Waals surface area contributed by atoms with Gasteiger partial charge >= 0.3 is 5.69 Å². The first-order valence-corrected chi connectivity index (χ1v) is 5.78. The van der Waals surface area contributed by atoms with Crippen molar-refractivity contribution in [2.75, 3.05) is 13.2 Å². The van der Waals surface area contributed by atoms with Gasteiger partial charge in [0.25, 0.3) is 0 Å². The average Bonchev–Trinajstić information content (AvgIpc) is 2.67. The molecule has 6 heteroatoms. The molecule has 0 bridgehead atoms. The van der Waals surface area contributed by atoms with Gasteiger partial charge in [-0.2, -0.15) is 5.10 Å². The second kappa shape index (κ2) is 5.27. The molecular weight excluding hydrogens is 208 g/mol. The minimum absolute atomic E-state index is 0.220. The van der Waals surface area contributed by atoms with Gasteiger partial charge in [0.05, 0.1) is 6.54 Å². The quantitative estimate of drug-likeness (QED) is 0.665. The molecule has 6 nitrogen and oxygen atoms in total. The molecule has 1 aliphatic rings. The summed E-state index contributed by atoms with van der Waals surface area (Å²) in [5.74, 6) is 0.676. The highest BCUT2D eigenvalue weighted by molar-refractivity contribution is 4.85.